The summed E-state index contributed by atoms with van der Waals surface area (Å²) in [6.45, 7) is 2.33. The summed E-state index contributed by atoms with van der Waals surface area (Å²) in [6, 6.07) is 6.12. The Morgan fingerprint density at radius 2 is 1.89 bits per heavy atom. The first kappa shape index (κ1) is 14.2. The average Bonchev–Trinajstić information content (AvgIpc) is 2.45. The Morgan fingerprint density at radius 3 is 2.53 bits per heavy atom. The van der Waals surface area contributed by atoms with Gasteiger partial charge in [-0.1, -0.05) is 25.8 Å². The van der Waals surface area contributed by atoms with Gasteiger partial charge in [0.25, 0.3) is 0 Å². The number of nitrogens with two attached hydrogens (primary N) is 1. The standard InChI is InChI=1S/C16H25NO2/c1-11-5-4-6-12(9-11)16(17)13-7-8-14(18-2)15(10-13)19-3/h7-8,10-12,16H,4-6,9,17H2,1-3H3. The van der Waals surface area contributed by atoms with Crippen LogP contribution in [0.15, 0.2) is 18.2 Å². The molecule has 1 saturated carbocycles. The number of methoxy groups -OCH3 is 2. The predicted octanol–water partition coefficient (Wildman–Crippen LogP) is 3.53. The zero-order chi connectivity index (χ0) is 13.8. The highest BCUT2D eigenvalue weighted by Crippen LogP contribution is 2.38. The van der Waals surface area contributed by atoms with Crippen LogP contribution in [0.5, 0.6) is 11.5 Å². The molecule has 19 heavy (non-hydrogen) atoms. The Labute approximate surface area is 116 Å². The van der Waals surface area contributed by atoms with Gasteiger partial charge in [-0.3, -0.25) is 0 Å². The molecule has 0 radical (unpaired) electrons. The molecule has 0 aliphatic heterocycles. The van der Waals surface area contributed by atoms with Crippen molar-refractivity contribution >= 4 is 0 Å². The molecule has 0 aromatic heterocycles. The maximum atomic E-state index is 6.45. The van der Waals surface area contributed by atoms with Gasteiger partial charge in [0.15, 0.2) is 11.5 Å². The minimum atomic E-state index is 0.0996. The van der Waals surface area contributed by atoms with Crippen LogP contribution < -0.4 is 15.2 Å². The van der Waals surface area contributed by atoms with E-state index < -0.39 is 0 Å². The summed E-state index contributed by atoms with van der Waals surface area (Å²) in [5.74, 6) is 2.90. The van der Waals surface area contributed by atoms with Crippen molar-refractivity contribution in [3.63, 3.8) is 0 Å². The first-order valence-corrected chi connectivity index (χ1v) is 7.13. The van der Waals surface area contributed by atoms with Crippen LogP contribution in [0.25, 0.3) is 0 Å². The van der Waals surface area contributed by atoms with E-state index in [2.05, 4.69) is 13.0 Å². The fourth-order valence-electron chi connectivity index (χ4n) is 3.14. The minimum absolute atomic E-state index is 0.0996. The molecule has 0 amide bonds. The third kappa shape index (κ3) is 3.21. The van der Waals surface area contributed by atoms with Gasteiger partial charge >= 0.3 is 0 Å². The highest BCUT2D eigenvalue weighted by atomic mass is 16.5. The molecule has 0 spiro atoms. The van der Waals surface area contributed by atoms with Gasteiger partial charge < -0.3 is 15.2 Å². The topological polar surface area (TPSA) is 44.5 Å². The molecule has 1 aromatic rings. The van der Waals surface area contributed by atoms with Crippen LogP contribution in [-0.2, 0) is 0 Å². The molecular weight excluding hydrogens is 238 g/mol. The molecule has 1 aliphatic carbocycles. The molecule has 1 fully saturated rings. The number of benzene rings is 1. The second kappa shape index (κ2) is 6.29. The third-order valence-electron chi connectivity index (χ3n) is 4.28. The Hall–Kier alpha value is -1.22. The second-order valence-electron chi connectivity index (χ2n) is 5.67. The number of hydrogen-bond donors (Lipinski definition) is 1. The van der Waals surface area contributed by atoms with Crippen LogP contribution in [0.1, 0.15) is 44.2 Å². The zero-order valence-corrected chi connectivity index (χ0v) is 12.2. The molecular formula is C16H25NO2. The fourth-order valence-corrected chi connectivity index (χ4v) is 3.14. The van der Waals surface area contributed by atoms with E-state index in [-0.39, 0.29) is 6.04 Å². The second-order valence-corrected chi connectivity index (χ2v) is 5.67. The minimum Gasteiger partial charge on any atom is -0.493 e. The number of hydrogen-bond acceptors (Lipinski definition) is 3. The van der Waals surface area contributed by atoms with Gasteiger partial charge in [-0.05, 0) is 42.4 Å². The van der Waals surface area contributed by atoms with Crippen LogP contribution in [0.4, 0.5) is 0 Å². The van der Waals surface area contributed by atoms with Crippen LogP contribution in [0.3, 0.4) is 0 Å². The van der Waals surface area contributed by atoms with E-state index in [0.29, 0.717) is 5.92 Å². The molecule has 0 saturated heterocycles. The van der Waals surface area contributed by atoms with Crippen molar-refractivity contribution in [3.8, 4) is 11.5 Å². The Bertz CT molecular complexity index is 419. The summed E-state index contributed by atoms with van der Waals surface area (Å²) in [7, 11) is 3.32. The predicted molar refractivity (Wildman–Crippen MR) is 77.6 cm³/mol. The molecule has 1 aromatic carbocycles. The van der Waals surface area contributed by atoms with Gasteiger partial charge in [-0.25, -0.2) is 0 Å². The van der Waals surface area contributed by atoms with Gasteiger partial charge in [0.05, 0.1) is 14.2 Å². The van der Waals surface area contributed by atoms with Crippen molar-refractivity contribution in [2.45, 2.75) is 38.6 Å². The van der Waals surface area contributed by atoms with Crippen LogP contribution in [-0.4, -0.2) is 14.2 Å². The van der Waals surface area contributed by atoms with E-state index in [9.17, 15) is 0 Å². The third-order valence-corrected chi connectivity index (χ3v) is 4.28. The maximum Gasteiger partial charge on any atom is 0.161 e. The Kier molecular flexibility index (Phi) is 4.70. The quantitative estimate of drug-likeness (QED) is 0.903. The first-order chi connectivity index (χ1) is 9.15. The molecule has 3 unspecified atom stereocenters. The van der Waals surface area contributed by atoms with E-state index in [1.165, 1.54) is 25.7 Å². The number of rotatable bonds is 4. The maximum absolute atomic E-state index is 6.45. The van der Waals surface area contributed by atoms with E-state index in [1.54, 1.807) is 14.2 Å². The lowest BCUT2D eigenvalue weighted by Gasteiger charge is -2.31. The molecule has 1 aliphatic rings. The molecule has 0 heterocycles. The SMILES string of the molecule is COc1ccc(C(N)C2CCCC(C)C2)cc1OC. The number of ether oxygens (including phenoxy) is 2. The smallest absolute Gasteiger partial charge is 0.161 e. The molecule has 2 rings (SSSR count). The van der Waals surface area contributed by atoms with E-state index in [4.69, 9.17) is 15.2 Å². The largest absolute Gasteiger partial charge is 0.493 e. The molecule has 3 heteroatoms. The van der Waals surface area contributed by atoms with Crippen LogP contribution >= 0.6 is 0 Å². The fraction of sp³-hybridized carbons (Fsp3) is 0.625. The molecule has 106 valence electrons. The summed E-state index contributed by atoms with van der Waals surface area (Å²) in [6.07, 6.45) is 5.11. The van der Waals surface area contributed by atoms with Gasteiger partial charge in [0, 0.05) is 6.04 Å². The van der Waals surface area contributed by atoms with Gasteiger partial charge in [0.2, 0.25) is 0 Å². The van der Waals surface area contributed by atoms with Crippen molar-refractivity contribution < 1.29 is 9.47 Å². The van der Waals surface area contributed by atoms with E-state index in [1.807, 2.05) is 12.1 Å². The summed E-state index contributed by atoms with van der Waals surface area (Å²) < 4.78 is 10.6. The highest BCUT2D eigenvalue weighted by Gasteiger charge is 2.25. The molecule has 3 nitrogen and oxygen atoms in total. The lowest BCUT2D eigenvalue weighted by Crippen LogP contribution is -2.26. The van der Waals surface area contributed by atoms with Crippen molar-refractivity contribution in [2.24, 2.45) is 17.6 Å². The molecule has 0 bridgehead atoms. The zero-order valence-electron chi connectivity index (χ0n) is 12.2. The van der Waals surface area contributed by atoms with Crippen LogP contribution in [0, 0.1) is 11.8 Å². The average molecular weight is 263 g/mol. The van der Waals surface area contributed by atoms with Gasteiger partial charge in [-0.2, -0.15) is 0 Å². The van der Waals surface area contributed by atoms with Gasteiger partial charge in [-0.15, -0.1) is 0 Å². The molecule has 2 N–H and O–H groups in total. The summed E-state index contributed by atoms with van der Waals surface area (Å²) in [5, 5.41) is 0. The lowest BCUT2D eigenvalue weighted by molar-refractivity contribution is 0.247. The summed E-state index contributed by atoms with van der Waals surface area (Å²) in [4.78, 5) is 0. The Morgan fingerprint density at radius 1 is 1.16 bits per heavy atom. The molecule has 3 atom stereocenters. The normalized spacial score (nSPS) is 24.8. The van der Waals surface area contributed by atoms with Crippen molar-refractivity contribution in [3.05, 3.63) is 23.8 Å². The first-order valence-electron chi connectivity index (χ1n) is 7.13. The van der Waals surface area contributed by atoms with Gasteiger partial charge in [0.1, 0.15) is 0 Å². The Balaban J connectivity index is 2.16. The summed E-state index contributed by atoms with van der Waals surface area (Å²) in [5.41, 5.74) is 7.60. The van der Waals surface area contributed by atoms with Crippen molar-refractivity contribution in [1.82, 2.24) is 0 Å². The monoisotopic (exact) mass is 263 g/mol. The van der Waals surface area contributed by atoms with E-state index in [0.717, 1.165) is 23.0 Å². The van der Waals surface area contributed by atoms with Crippen molar-refractivity contribution in [1.29, 1.82) is 0 Å². The summed E-state index contributed by atoms with van der Waals surface area (Å²) >= 11 is 0. The van der Waals surface area contributed by atoms with E-state index >= 15 is 0 Å². The lowest BCUT2D eigenvalue weighted by atomic mass is 9.77. The van der Waals surface area contributed by atoms with Crippen LogP contribution in [0.2, 0.25) is 0 Å². The van der Waals surface area contributed by atoms with Crippen molar-refractivity contribution in [2.75, 3.05) is 14.2 Å². The highest BCUT2D eigenvalue weighted by molar-refractivity contribution is 5.43.